The van der Waals surface area contributed by atoms with Crippen LogP contribution in [0.5, 0.6) is 0 Å². The summed E-state index contributed by atoms with van der Waals surface area (Å²) in [7, 11) is 0. The maximum Gasteiger partial charge on any atom is 0.274 e. The molecular formula is C22H21FN6O. The first-order valence-electron chi connectivity index (χ1n) is 9.93. The van der Waals surface area contributed by atoms with Gasteiger partial charge in [0.1, 0.15) is 5.82 Å². The number of hydrogen-bond donors (Lipinski definition) is 1. The molecule has 1 fully saturated rings. The Balaban J connectivity index is 1.30. The van der Waals surface area contributed by atoms with Crippen LogP contribution < -0.4 is 10.5 Å². The molecule has 0 saturated carbocycles. The van der Waals surface area contributed by atoms with Gasteiger partial charge in [-0.15, -0.1) is 0 Å². The summed E-state index contributed by atoms with van der Waals surface area (Å²) in [5, 5.41) is 3.02. The third kappa shape index (κ3) is 3.69. The van der Waals surface area contributed by atoms with Crippen LogP contribution in [0.4, 0.5) is 10.1 Å². The fourth-order valence-electron chi connectivity index (χ4n) is 3.78. The number of anilines is 1. The van der Waals surface area contributed by atoms with E-state index >= 15 is 0 Å². The van der Waals surface area contributed by atoms with Gasteiger partial charge in [-0.05, 0) is 24.3 Å². The minimum atomic E-state index is -0.223. The zero-order valence-electron chi connectivity index (χ0n) is 16.3. The van der Waals surface area contributed by atoms with Gasteiger partial charge in [-0.1, -0.05) is 30.3 Å². The van der Waals surface area contributed by atoms with Crippen LogP contribution in [0.25, 0.3) is 17.2 Å². The molecule has 7 nitrogen and oxygen atoms in total. The molecule has 1 aliphatic heterocycles. The number of aromatic nitrogens is 4. The number of halogens is 1. The standard InChI is InChI=1S/C22H21FN6O/c23-17-6-8-19(9-7-17)28-12-10-27(11-13-28)15-18-14-20(30)29-22(24-18)25-21(26-29)16-4-2-1-3-5-16/h1-9,14H,10-13,15H2,(H,24,25,26). The second kappa shape index (κ2) is 7.72. The van der Waals surface area contributed by atoms with Crippen molar-refractivity contribution in [2.24, 2.45) is 0 Å². The lowest BCUT2D eigenvalue weighted by Crippen LogP contribution is -2.46. The van der Waals surface area contributed by atoms with Crippen molar-refractivity contribution in [2.75, 3.05) is 31.1 Å². The zero-order valence-corrected chi connectivity index (χ0v) is 16.3. The molecular weight excluding hydrogens is 383 g/mol. The Morgan fingerprint density at radius 2 is 1.67 bits per heavy atom. The predicted octanol–water partition coefficient (Wildman–Crippen LogP) is 2.55. The summed E-state index contributed by atoms with van der Waals surface area (Å²) in [6.07, 6.45) is 0. The molecule has 0 unspecified atom stereocenters. The number of rotatable bonds is 4. The maximum atomic E-state index is 13.1. The van der Waals surface area contributed by atoms with E-state index < -0.39 is 0 Å². The van der Waals surface area contributed by atoms with Crippen molar-refractivity contribution in [3.05, 3.63) is 82.5 Å². The van der Waals surface area contributed by atoms with Crippen molar-refractivity contribution < 1.29 is 4.39 Å². The highest BCUT2D eigenvalue weighted by Crippen LogP contribution is 2.18. The first-order valence-corrected chi connectivity index (χ1v) is 9.93. The highest BCUT2D eigenvalue weighted by Gasteiger charge is 2.19. The molecule has 2 aromatic heterocycles. The molecule has 1 aliphatic rings. The molecule has 30 heavy (non-hydrogen) atoms. The number of nitrogens with one attached hydrogen (secondary N) is 1. The van der Waals surface area contributed by atoms with Gasteiger partial charge in [0.25, 0.3) is 11.3 Å². The minimum Gasteiger partial charge on any atom is -0.369 e. The fraction of sp³-hybridized carbons (Fsp3) is 0.227. The second-order valence-corrected chi connectivity index (χ2v) is 7.40. The maximum absolute atomic E-state index is 13.1. The van der Waals surface area contributed by atoms with Crippen LogP contribution in [0.2, 0.25) is 0 Å². The smallest absolute Gasteiger partial charge is 0.274 e. The lowest BCUT2D eigenvalue weighted by atomic mass is 10.2. The second-order valence-electron chi connectivity index (χ2n) is 7.40. The van der Waals surface area contributed by atoms with Gasteiger partial charge in [-0.25, -0.2) is 9.37 Å². The summed E-state index contributed by atoms with van der Waals surface area (Å²) in [4.78, 5) is 26.1. The van der Waals surface area contributed by atoms with Gasteiger partial charge in [0.2, 0.25) is 0 Å². The highest BCUT2D eigenvalue weighted by atomic mass is 19.1. The summed E-state index contributed by atoms with van der Waals surface area (Å²) < 4.78 is 14.5. The van der Waals surface area contributed by atoms with E-state index in [1.54, 1.807) is 6.07 Å². The lowest BCUT2D eigenvalue weighted by Gasteiger charge is -2.35. The summed E-state index contributed by atoms with van der Waals surface area (Å²) in [6, 6.07) is 17.8. The third-order valence-corrected chi connectivity index (χ3v) is 5.38. The summed E-state index contributed by atoms with van der Waals surface area (Å²) in [5.41, 5.74) is 2.47. The van der Waals surface area contributed by atoms with Gasteiger partial charge in [-0.2, -0.15) is 9.50 Å². The van der Waals surface area contributed by atoms with Crippen LogP contribution in [-0.4, -0.2) is 50.7 Å². The van der Waals surface area contributed by atoms with E-state index in [9.17, 15) is 9.18 Å². The summed E-state index contributed by atoms with van der Waals surface area (Å²) in [6.45, 7) is 3.96. The van der Waals surface area contributed by atoms with Gasteiger partial charge < -0.3 is 4.90 Å². The summed E-state index contributed by atoms with van der Waals surface area (Å²) >= 11 is 0. The Labute approximate surface area is 172 Å². The van der Waals surface area contributed by atoms with Crippen LogP contribution in [0.1, 0.15) is 5.69 Å². The van der Waals surface area contributed by atoms with E-state index in [-0.39, 0.29) is 11.4 Å². The number of nitrogens with zero attached hydrogens (tertiary/aromatic N) is 5. The SMILES string of the molecule is O=c1cc(CN2CCN(c3ccc(F)cc3)CC2)nc2nc(-c3ccccc3)[nH]n12. The van der Waals surface area contributed by atoms with E-state index in [4.69, 9.17) is 0 Å². The number of benzene rings is 2. The largest absolute Gasteiger partial charge is 0.369 e. The number of hydrogen-bond acceptors (Lipinski definition) is 5. The normalized spacial score (nSPS) is 15.0. The topological polar surface area (TPSA) is 69.5 Å². The van der Waals surface area contributed by atoms with Gasteiger partial charge in [0.05, 0.1) is 5.69 Å². The fourth-order valence-corrected chi connectivity index (χ4v) is 3.78. The van der Waals surface area contributed by atoms with Gasteiger partial charge in [0.15, 0.2) is 5.82 Å². The number of piperazine rings is 1. The average Bonchev–Trinajstić information content (AvgIpc) is 3.20. The van der Waals surface area contributed by atoms with Crippen LogP contribution in [0.15, 0.2) is 65.5 Å². The van der Waals surface area contributed by atoms with Crippen molar-refractivity contribution in [1.82, 2.24) is 24.5 Å². The predicted molar refractivity (Wildman–Crippen MR) is 113 cm³/mol. The van der Waals surface area contributed by atoms with Crippen molar-refractivity contribution in [3.63, 3.8) is 0 Å². The number of fused-ring (bicyclic) bond motifs is 1. The Morgan fingerprint density at radius 1 is 0.933 bits per heavy atom. The van der Waals surface area contributed by atoms with Crippen molar-refractivity contribution in [3.8, 4) is 11.4 Å². The van der Waals surface area contributed by atoms with Gasteiger partial charge in [0, 0.05) is 50.0 Å². The first kappa shape index (κ1) is 18.5. The lowest BCUT2D eigenvalue weighted by molar-refractivity contribution is 0.247. The molecule has 2 aromatic carbocycles. The van der Waals surface area contributed by atoms with Crippen LogP contribution in [-0.2, 0) is 6.54 Å². The average molecular weight is 404 g/mol. The molecule has 152 valence electrons. The molecule has 0 bridgehead atoms. The van der Waals surface area contributed by atoms with Crippen molar-refractivity contribution in [2.45, 2.75) is 6.54 Å². The van der Waals surface area contributed by atoms with Gasteiger partial charge >= 0.3 is 0 Å². The third-order valence-electron chi connectivity index (χ3n) is 5.38. The minimum absolute atomic E-state index is 0.172. The van der Waals surface area contributed by atoms with E-state index in [2.05, 4.69) is 24.9 Å². The highest BCUT2D eigenvalue weighted by molar-refractivity contribution is 5.56. The molecule has 5 rings (SSSR count). The molecule has 4 aromatic rings. The molecule has 0 aliphatic carbocycles. The molecule has 0 spiro atoms. The zero-order chi connectivity index (χ0) is 20.5. The van der Waals surface area contributed by atoms with Crippen molar-refractivity contribution >= 4 is 11.5 Å². The quantitative estimate of drug-likeness (QED) is 0.566. The first-order chi connectivity index (χ1) is 14.7. The Kier molecular flexibility index (Phi) is 4.76. The molecule has 1 saturated heterocycles. The number of aromatic amines is 1. The van der Waals surface area contributed by atoms with Crippen LogP contribution in [0.3, 0.4) is 0 Å². The molecule has 1 N–H and O–H groups in total. The number of H-pyrrole nitrogens is 1. The Bertz CT molecular complexity index is 1210. The van der Waals surface area contributed by atoms with E-state index in [1.165, 1.54) is 16.6 Å². The molecule has 3 heterocycles. The summed E-state index contributed by atoms with van der Waals surface area (Å²) in [5.74, 6) is 0.769. The molecule has 0 atom stereocenters. The van der Waals surface area contributed by atoms with E-state index in [0.717, 1.165) is 37.4 Å². The van der Waals surface area contributed by atoms with Gasteiger partial charge in [-0.3, -0.25) is 14.8 Å². The molecule has 8 heteroatoms. The van der Waals surface area contributed by atoms with E-state index in [0.29, 0.717) is 23.8 Å². The Morgan fingerprint density at radius 3 is 2.40 bits per heavy atom. The monoisotopic (exact) mass is 404 g/mol. The van der Waals surface area contributed by atoms with Crippen LogP contribution in [0, 0.1) is 5.82 Å². The molecule has 0 radical (unpaired) electrons. The molecule has 0 amide bonds. The van der Waals surface area contributed by atoms with Crippen molar-refractivity contribution in [1.29, 1.82) is 0 Å². The Hall–Kier alpha value is -3.52. The van der Waals surface area contributed by atoms with E-state index in [1.807, 2.05) is 42.5 Å². The van der Waals surface area contributed by atoms with Crippen LogP contribution >= 0.6 is 0 Å².